The zero-order valence-corrected chi connectivity index (χ0v) is 26.1. The molecule has 3 aromatic heterocycles. The van der Waals surface area contributed by atoms with E-state index in [-0.39, 0.29) is 57.1 Å². The number of pyridine rings is 3. The standard InChI is InChI=1S/C32H33N6O.K/c1-3-16-33-26(2)20-37(23-29-13-4-7-17-34-29)21-27-11-10-12-28(32(27)39)22-38(24-30-14-5-8-18-35-30)25-31-15-6-9-19-36-31;/h3-9,11-19,39H,1-2,20-25H2;/q-1;+1. The van der Waals surface area contributed by atoms with E-state index in [2.05, 4.69) is 49.0 Å². The minimum Gasteiger partial charge on any atom is -0.533 e. The van der Waals surface area contributed by atoms with E-state index in [1.54, 1.807) is 30.9 Å². The molecule has 4 rings (SSSR count). The molecule has 0 aliphatic rings. The van der Waals surface area contributed by atoms with E-state index in [0.717, 1.165) is 28.2 Å². The van der Waals surface area contributed by atoms with Crippen LogP contribution in [0.3, 0.4) is 0 Å². The summed E-state index contributed by atoms with van der Waals surface area (Å²) < 4.78 is 0. The molecule has 7 nitrogen and oxygen atoms in total. The van der Waals surface area contributed by atoms with Crippen molar-refractivity contribution in [2.24, 2.45) is 4.99 Å². The van der Waals surface area contributed by atoms with Gasteiger partial charge in [0.1, 0.15) is 0 Å². The predicted molar refractivity (Wildman–Crippen MR) is 155 cm³/mol. The van der Waals surface area contributed by atoms with Crippen LogP contribution in [0.4, 0.5) is 0 Å². The second kappa shape index (κ2) is 17.1. The van der Waals surface area contributed by atoms with Crippen LogP contribution >= 0.6 is 0 Å². The number of aromatic hydroxyl groups is 1. The van der Waals surface area contributed by atoms with Crippen molar-refractivity contribution in [1.29, 1.82) is 0 Å². The van der Waals surface area contributed by atoms with Crippen LogP contribution in [0.1, 0.15) is 28.2 Å². The van der Waals surface area contributed by atoms with E-state index in [1.807, 2.05) is 66.7 Å². The number of phenols is 1. The summed E-state index contributed by atoms with van der Waals surface area (Å²) in [6.45, 7) is 11.1. The first kappa shape index (κ1) is 31.7. The van der Waals surface area contributed by atoms with Crippen LogP contribution in [0, 0.1) is 6.07 Å². The molecule has 0 atom stereocenters. The minimum absolute atomic E-state index is 0. The summed E-state index contributed by atoms with van der Waals surface area (Å²) in [7, 11) is 0. The zero-order valence-electron chi connectivity index (χ0n) is 23.0. The fourth-order valence-corrected chi connectivity index (χ4v) is 4.26. The number of aliphatic imine (C=N–C) groups is 1. The molecular formula is C32H33KN6O. The number of nitrogens with zero attached hydrogens (tertiary/aromatic N) is 6. The molecule has 0 spiro atoms. The Morgan fingerprint density at radius 3 is 1.70 bits per heavy atom. The Bertz CT molecular complexity index is 1320. The largest absolute Gasteiger partial charge is 1.00 e. The molecule has 0 saturated heterocycles. The molecule has 4 aromatic rings. The molecule has 1 N–H and O–H groups in total. The van der Waals surface area contributed by atoms with Gasteiger partial charge in [-0.1, -0.05) is 37.4 Å². The van der Waals surface area contributed by atoms with Crippen molar-refractivity contribution in [2.45, 2.75) is 32.7 Å². The van der Waals surface area contributed by atoms with E-state index in [4.69, 9.17) is 0 Å². The molecule has 0 aliphatic carbocycles. The topological polar surface area (TPSA) is 77.7 Å². The van der Waals surface area contributed by atoms with E-state index in [9.17, 15) is 5.11 Å². The normalized spacial score (nSPS) is 11.1. The molecule has 8 heteroatoms. The van der Waals surface area contributed by atoms with Crippen LogP contribution in [0.5, 0.6) is 5.75 Å². The number of aromatic nitrogens is 3. The zero-order chi connectivity index (χ0) is 27.3. The third-order valence-electron chi connectivity index (χ3n) is 6.02. The minimum atomic E-state index is 0. The summed E-state index contributed by atoms with van der Waals surface area (Å²) in [6, 6.07) is 24.6. The average molecular weight is 557 g/mol. The van der Waals surface area contributed by atoms with E-state index >= 15 is 0 Å². The number of hydrogen-bond acceptors (Lipinski definition) is 7. The summed E-state index contributed by atoms with van der Waals surface area (Å²) in [4.78, 5) is 22.2. The van der Waals surface area contributed by atoms with Crippen LogP contribution < -0.4 is 51.4 Å². The first-order chi connectivity index (χ1) is 19.1. The number of benzene rings is 1. The SMILES string of the molecule is C=CC=NC(=C)CN(Cc1ccccn1)Cc1c[c-]cc(CN(Cc2ccccn2)Cc2ccccn2)c1O.[K+]. The van der Waals surface area contributed by atoms with Gasteiger partial charge in [-0.15, -0.1) is 11.1 Å². The van der Waals surface area contributed by atoms with Crippen molar-refractivity contribution in [3.05, 3.63) is 145 Å². The van der Waals surface area contributed by atoms with Gasteiger partial charge in [-0.25, -0.2) is 0 Å². The molecule has 0 saturated carbocycles. The second-order valence-electron chi connectivity index (χ2n) is 9.19. The summed E-state index contributed by atoms with van der Waals surface area (Å²) in [6.07, 6.45) is 8.62. The van der Waals surface area contributed by atoms with E-state index < -0.39 is 0 Å². The molecule has 0 aliphatic heterocycles. The summed E-state index contributed by atoms with van der Waals surface area (Å²) in [5.41, 5.74) is 5.10. The van der Waals surface area contributed by atoms with Crippen molar-refractivity contribution in [2.75, 3.05) is 6.54 Å². The molecule has 0 amide bonds. The number of allylic oxidation sites excluding steroid dienone is 1. The van der Waals surface area contributed by atoms with Gasteiger partial charge in [0.2, 0.25) is 0 Å². The predicted octanol–water partition coefficient (Wildman–Crippen LogP) is 2.36. The van der Waals surface area contributed by atoms with Crippen LogP contribution in [-0.4, -0.2) is 42.6 Å². The van der Waals surface area contributed by atoms with Gasteiger partial charge in [0, 0.05) is 62.4 Å². The molecule has 198 valence electrons. The van der Waals surface area contributed by atoms with Crippen molar-refractivity contribution in [1.82, 2.24) is 24.8 Å². The van der Waals surface area contributed by atoms with Gasteiger partial charge in [0.25, 0.3) is 0 Å². The van der Waals surface area contributed by atoms with Crippen molar-refractivity contribution >= 4 is 6.21 Å². The maximum absolute atomic E-state index is 11.4. The number of hydrogen-bond donors (Lipinski definition) is 1. The van der Waals surface area contributed by atoms with E-state index in [0.29, 0.717) is 45.0 Å². The Kier molecular flexibility index (Phi) is 13.5. The average Bonchev–Trinajstić information content (AvgIpc) is 2.95. The Labute approximate surface area is 279 Å². The van der Waals surface area contributed by atoms with Crippen molar-refractivity contribution in [3.63, 3.8) is 0 Å². The van der Waals surface area contributed by atoms with Gasteiger partial charge < -0.3 is 5.11 Å². The summed E-state index contributed by atoms with van der Waals surface area (Å²) in [5.74, 6) is 0.256. The summed E-state index contributed by atoms with van der Waals surface area (Å²) >= 11 is 0. The fourth-order valence-electron chi connectivity index (χ4n) is 4.26. The Morgan fingerprint density at radius 1 is 0.775 bits per heavy atom. The quantitative estimate of drug-likeness (QED) is 0.146. The Hall–Kier alpha value is -2.82. The van der Waals surface area contributed by atoms with Crippen molar-refractivity contribution < 1.29 is 56.5 Å². The van der Waals surface area contributed by atoms with Gasteiger partial charge in [0.15, 0.2) is 0 Å². The maximum Gasteiger partial charge on any atom is 1.00 e. The molecule has 0 radical (unpaired) electrons. The third kappa shape index (κ3) is 10.3. The molecule has 0 bridgehead atoms. The number of rotatable bonds is 14. The van der Waals surface area contributed by atoms with Crippen molar-refractivity contribution in [3.8, 4) is 5.75 Å². The maximum atomic E-state index is 11.4. The molecule has 40 heavy (non-hydrogen) atoms. The molecule has 3 heterocycles. The van der Waals surface area contributed by atoms with Gasteiger partial charge >= 0.3 is 51.4 Å². The summed E-state index contributed by atoms with van der Waals surface area (Å²) in [5, 5.41) is 11.4. The molecule has 0 unspecified atom stereocenters. The first-order valence-electron chi connectivity index (χ1n) is 12.8. The molecule has 0 fully saturated rings. The first-order valence-corrected chi connectivity index (χ1v) is 12.8. The Morgan fingerprint density at radius 2 is 1.25 bits per heavy atom. The smallest absolute Gasteiger partial charge is 0.533 e. The second-order valence-corrected chi connectivity index (χ2v) is 9.19. The third-order valence-corrected chi connectivity index (χ3v) is 6.02. The molecule has 1 aromatic carbocycles. The van der Waals surface area contributed by atoms with Gasteiger partial charge in [-0.2, -0.15) is 18.2 Å². The van der Waals surface area contributed by atoms with Crippen LogP contribution in [0.2, 0.25) is 0 Å². The number of phenolic OH excluding ortho intramolecular Hbond substituents is 1. The fraction of sp³-hybridized carbons (Fsp3) is 0.188. The Balaban J connectivity index is 0.00000441. The monoisotopic (exact) mass is 556 g/mol. The van der Waals surface area contributed by atoms with Crippen LogP contribution in [0.15, 0.2) is 115 Å². The van der Waals surface area contributed by atoms with Gasteiger partial charge in [-0.3, -0.25) is 29.7 Å². The van der Waals surface area contributed by atoms with Crippen LogP contribution in [-0.2, 0) is 32.7 Å². The molecular weight excluding hydrogens is 523 g/mol. The van der Waals surface area contributed by atoms with Gasteiger partial charge in [-0.05, 0) is 49.5 Å². The van der Waals surface area contributed by atoms with Crippen LogP contribution in [0.25, 0.3) is 0 Å². The van der Waals surface area contributed by atoms with Gasteiger partial charge in [0.05, 0.1) is 17.1 Å². The van der Waals surface area contributed by atoms with E-state index in [1.165, 1.54) is 0 Å².